The lowest BCUT2D eigenvalue weighted by Gasteiger charge is -2.16. The maximum Gasteiger partial charge on any atom is 0.254 e. The lowest BCUT2D eigenvalue weighted by atomic mass is 10.0. The van der Waals surface area contributed by atoms with Crippen LogP contribution in [0.2, 0.25) is 0 Å². The molecule has 0 fully saturated rings. The van der Waals surface area contributed by atoms with Crippen molar-refractivity contribution in [2.45, 2.75) is 32.6 Å². The first-order chi connectivity index (χ1) is 14.0. The normalized spacial score (nSPS) is 15.1. The Morgan fingerprint density at radius 3 is 2.86 bits per heavy atom. The van der Waals surface area contributed by atoms with E-state index in [0.717, 1.165) is 29.7 Å². The van der Waals surface area contributed by atoms with Gasteiger partial charge in [-0.2, -0.15) is 0 Å². The van der Waals surface area contributed by atoms with Crippen LogP contribution in [-0.2, 0) is 6.42 Å². The number of fused-ring (bicyclic) bond motifs is 1. The molecule has 1 unspecified atom stereocenters. The van der Waals surface area contributed by atoms with E-state index in [9.17, 15) is 9.18 Å². The molecule has 29 heavy (non-hydrogen) atoms. The molecule has 0 saturated heterocycles. The van der Waals surface area contributed by atoms with Crippen molar-refractivity contribution in [1.29, 1.82) is 0 Å². The van der Waals surface area contributed by atoms with Crippen molar-refractivity contribution in [3.63, 3.8) is 0 Å². The molecule has 0 bridgehead atoms. The number of carbonyl (C=O) groups is 1. The summed E-state index contributed by atoms with van der Waals surface area (Å²) < 4.78 is 14.5. The Hall–Kier alpha value is -3.35. The standard InChI is InChI=1S/C22H22FN5O/c1-12-4-6-16(23)14(10-12)20-27-18-7-5-13(2)19(18)21(28-20)26-17-8-9-25-11-15(17)22(29)24-3/h4,6,8-11,13H,5,7H2,1-3H3,(H,24,29)(H,25,26,27,28). The molecular formula is C22H22FN5O. The summed E-state index contributed by atoms with van der Waals surface area (Å²) in [7, 11) is 1.57. The van der Waals surface area contributed by atoms with Gasteiger partial charge in [-0.3, -0.25) is 9.78 Å². The molecule has 1 aromatic carbocycles. The smallest absolute Gasteiger partial charge is 0.254 e. The maximum atomic E-state index is 14.5. The van der Waals surface area contributed by atoms with Gasteiger partial charge in [0, 0.05) is 25.0 Å². The summed E-state index contributed by atoms with van der Waals surface area (Å²) in [4.78, 5) is 25.6. The van der Waals surface area contributed by atoms with E-state index in [0.29, 0.717) is 28.5 Å². The van der Waals surface area contributed by atoms with E-state index in [-0.39, 0.29) is 17.6 Å². The van der Waals surface area contributed by atoms with Crippen LogP contribution in [0.1, 0.15) is 46.4 Å². The number of amides is 1. The molecule has 0 spiro atoms. The molecule has 0 saturated carbocycles. The minimum absolute atomic E-state index is 0.246. The fraction of sp³-hybridized carbons (Fsp3) is 0.273. The molecule has 1 amide bonds. The van der Waals surface area contributed by atoms with Crippen LogP contribution in [0.4, 0.5) is 15.9 Å². The Bertz CT molecular complexity index is 1100. The molecule has 7 heteroatoms. The van der Waals surface area contributed by atoms with E-state index in [4.69, 9.17) is 0 Å². The van der Waals surface area contributed by atoms with Crippen LogP contribution >= 0.6 is 0 Å². The van der Waals surface area contributed by atoms with Crippen molar-refractivity contribution >= 4 is 17.4 Å². The molecule has 4 rings (SSSR count). The van der Waals surface area contributed by atoms with Gasteiger partial charge in [-0.15, -0.1) is 0 Å². The third-order valence-corrected chi connectivity index (χ3v) is 5.24. The number of pyridine rings is 1. The summed E-state index contributed by atoms with van der Waals surface area (Å²) in [6.45, 7) is 4.03. The fourth-order valence-corrected chi connectivity index (χ4v) is 3.69. The average Bonchev–Trinajstić information content (AvgIpc) is 3.10. The van der Waals surface area contributed by atoms with Gasteiger partial charge in [-0.1, -0.05) is 18.6 Å². The number of hydrogen-bond donors (Lipinski definition) is 2. The largest absolute Gasteiger partial charge is 0.355 e. The number of rotatable bonds is 4. The molecule has 0 radical (unpaired) electrons. The summed E-state index contributed by atoms with van der Waals surface area (Å²) in [6.07, 6.45) is 4.89. The summed E-state index contributed by atoms with van der Waals surface area (Å²) in [5.74, 6) is 0.616. The number of nitrogens with zero attached hydrogens (tertiary/aromatic N) is 3. The van der Waals surface area contributed by atoms with Gasteiger partial charge in [0.1, 0.15) is 11.6 Å². The van der Waals surface area contributed by atoms with Gasteiger partial charge in [0.15, 0.2) is 5.82 Å². The van der Waals surface area contributed by atoms with Gasteiger partial charge in [0.2, 0.25) is 0 Å². The Morgan fingerprint density at radius 2 is 2.07 bits per heavy atom. The second kappa shape index (κ2) is 7.58. The highest BCUT2D eigenvalue weighted by atomic mass is 19.1. The Labute approximate surface area is 168 Å². The number of aromatic nitrogens is 3. The number of anilines is 2. The Morgan fingerprint density at radius 1 is 1.24 bits per heavy atom. The zero-order chi connectivity index (χ0) is 20.5. The van der Waals surface area contributed by atoms with Crippen LogP contribution in [0.3, 0.4) is 0 Å². The van der Waals surface area contributed by atoms with Crippen LogP contribution in [0.5, 0.6) is 0 Å². The highest BCUT2D eigenvalue weighted by Crippen LogP contribution is 2.39. The number of aryl methyl sites for hydroxylation is 2. The van der Waals surface area contributed by atoms with E-state index < -0.39 is 0 Å². The topological polar surface area (TPSA) is 79.8 Å². The van der Waals surface area contributed by atoms with Gasteiger partial charge in [0.05, 0.1) is 22.5 Å². The molecule has 2 heterocycles. The minimum Gasteiger partial charge on any atom is -0.355 e. The van der Waals surface area contributed by atoms with Crippen molar-refractivity contribution < 1.29 is 9.18 Å². The number of nitrogens with one attached hydrogen (secondary N) is 2. The predicted molar refractivity (Wildman–Crippen MR) is 110 cm³/mol. The molecule has 1 aliphatic carbocycles. The van der Waals surface area contributed by atoms with E-state index in [1.165, 1.54) is 12.3 Å². The zero-order valence-corrected chi connectivity index (χ0v) is 16.6. The van der Waals surface area contributed by atoms with E-state index in [2.05, 4.69) is 32.5 Å². The maximum absolute atomic E-state index is 14.5. The molecule has 6 nitrogen and oxygen atoms in total. The Kier molecular flexibility index (Phi) is 4.96. The molecule has 0 aliphatic heterocycles. The number of benzene rings is 1. The van der Waals surface area contributed by atoms with Crippen LogP contribution < -0.4 is 10.6 Å². The molecule has 3 aromatic rings. The predicted octanol–water partition coefficient (Wildman–Crippen LogP) is 4.14. The molecule has 1 atom stereocenters. The second-order valence-corrected chi connectivity index (χ2v) is 7.30. The van der Waals surface area contributed by atoms with Crippen LogP contribution in [0.25, 0.3) is 11.4 Å². The second-order valence-electron chi connectivity index (χ2n) is 7.30. The number of carbonyl (C=O) groups excluding carboxylic acids is 1. The summed E-state index contributed by atoms with van der Waals surface area (Å²) in [6, 6.07) is 6.64. The third-order valence-electron chi connectivity index (χ3n) is 5.24. The van der Waals surface area contributed by atoms with Crippen molar-refractivity contribution in [3.05, 3.63) is 64.9 Å². The first-order valence-corrected chi connectivity index (χ1v) is 9.58. The van der Waals surface area contributed by atoms with Gasteiger partial charge < -0.3 is 10.6 Å². The van der Waals surface area contributed by atoms with Crippen molar-refractivity contribution in [2.24, 2.45) is 0 Å². The van der Waals surface area contributed by atoms with Crippen LogP contribution in [-0.4, -0.2) is 27.9 Å². The van der Waals surface area contributed by atoms with Gasteiger partial charge in [-0.25, -0.2) is 14.4 Å². The SMILES string of the molecule is CNC(=O)c1cnccc1Nc1nc(-c2cc(C)ccc2F)nc2c1C(C)CC2. The monoisotopic (exact) mass is 391 g/mol. The molecule has 1 aliphatic rings. The van der Waals surface area contributed by atoms with E-state index >= 15 is 0 Å². The van der Waals surface area contributed by atoms with Crippen molar-refractivity contribution in [2.75, 3.05) is 12.4 Å². The van der Waals surface area contributed by atoms with Crippen molar-refractivity contribution in [1.82, 2.24) is 20.3 Å². The zero-order valence-electron chi connectivity index (χ0n) is 16.6. The van der Waals surface area contributed by atoms with Crippen LogP contribution in [0.15, 0.2) is 36.7 Å². The first kappa shape index (κ1) is 19.0. The van der Waals surface area contributed by atoms with Gasteiger partial charge in [0.25, 0.3) is 5.91 Å². The lowest BCUT2D eigenvalue weighted by molar-refractivity contribution is 0.0963. The highest BCUT2D eigenvalue weighted by molar-refractivity contribution is 5.99. The minimum atomic E-state index is -0.359. The molecule has 2 aromatic heterocycles. The Balaban J connectivity index is 1.85. The summed E-state index contributed by atoms with van der Waals surface area (Å²) in [5.41, 5.74) is 4.25. The van der Waals surface area contributed by atoms with Gasteiger partial charge >= 0.3 is 0 Å². The van der Waals surface area contributed by atoms with Gasteiger partial charge in [-0.05, 0) is 43.9 Å². The highest BCUT2D eigenvalue weighted by Gasteiger charge is 2.27. The first-order valence-electron chi connectivity index (χ1n) is 9.58. The number of hydrogen-bond acceptors (Lipinski definition) is 5. The summed E-state index contributed by atoms with van der Waals surface area (Å²) >= 11 is 0. The molecule has 2 N–H and O–H groups in total. The van der Waals surface area contributed by atoms with Crippen molar-refractivity contribution in [3.8, 4) is 11.4 Å². The quantitative estimate of drug-likeness (QED) is 0.699. The third kappa shape index (κ3) is 3.55. The molecular weight excluding hydrogens is 369 g/mol. The average molecular weight is 391 g/mol. The fourth-order valence-electron chi connectivity index (χ4n) is 3.69. The molecule has 148 valence electrons. The van der Waals surface area contributed by atoms with Crippen LogP contribution in [0, 0.1) is 12.7 Å². The lowest BCUT2D eigenvalue weighted by Crippen LogP contribution is -2.19. The number of halogens is 1. The summed E-state index contributed by atoms with van der Waals surface area (Å²) in [5, 5.41) is 5.91. The van der Waals surface area contributed by atoms with E-state index in [1.807, 2.05) is 6.92 Å². The van der Waals surface area contributed by atoms with E-state index in [1.54, 1.807) is 31.4 Å².